The van der Waals surface area contributed by atoms with Crippen LogP contribution in [0.2, 0.25) is 5.02 Å². The summed E-state index contributed by atoms with van der Waals surface area (Å²) in [5, 5.41) is 14.3. The van der Waals surface area contributed by atoms with Gasteiger partial charge in [0, 0.05) is 12.2 Å². The Hall–Kier alpha value is -3.40. The fourth-order valence-electron chi connectivity index (χ4n) is 2.81. The Balaban J connectivity index is 2.10. The number of nitro groups is 1. The first-order chi connectivity index (χ1) is 14.2. The summed E-state index contributed by atoms with van der Waals surface area (Å²) in [5.41, 5.74) is -0.950. The van der Waals surface area contributed by atoms with Gasteiger partial charge in [0.2, 0.25) is 11.6 Å². The lowest BCUT2D eigenvalue weighted by Crippen LogP contribution is -2.19. The summed E-state index contributed by atoms with van der Waals surface area (Å²) >= 11 is 6.00. The van der Waals surface area contributed by atoms with Gasteiger partial charge >= 0.3 is 11.9 Å². The van der Waals surface area contributed by atoms with Crippen LogP contribution in [0.3, 0.4) is 0 Å². The van der Waals surface area contributed by atoms with Crippen molar-refractivity contribution in [2.24, 2.45) is 0 Å². The number of rotatable bonds is 6. The number of alkyl halides is 3. The maximum Gasteiger partial charge on any atom is 0.416 e. The number of anilines is 4. The van der Waals surface area contributed by atoms with Crippen molar-refractivity contribution in [2.75, 3.05) is 16.8 Å². The highest BCUT2D eigenvalue weighted by Gasteiger charge is 2.32. The fourth-order valence-corrected chi connectivity index (χ4v) is 2.98. The van der Waals surface area contributed by atoms with Crippen molar-refractivity contribution in [3.8, 4) is 0 Å². The molecule has 156 valence electrons. The molecule has 1 aromatic heterocycles. The Morgan fingerprint density at radius 2 is 1.87 bits per heavy atom. The molecule has 2 aromatic carbocycles. The second kappa shape index (κ2) is 8.54. The predicted molar refractivity (Wildman–Crippen MR) is 108 cm³/mol. The first-order valence-electron chi connectivity index (χ1n) is 8.68. The molecule has 3 aromatic rings. The van der Waals surface area contributed by atoms with Crippen LogP contribution in [0.15, 0.2) is 54.9 Å². The van der Waals surface area contributed by atoms with Crippen molar-refractivity contribution in [3.05, 3.63) is 75.6 Å². The number of nitrogens with one attached hydrogen (secondary N) is 1. The Labute approximate surface area is 174 Å². The molecule has 7 nitrogen and oxygen atoms in total. The Bertz CT molecular complexity index is 1060. The molecule has 0 saturated heterocycles. The highest BCUT2D eigenvalue weighted by molar-refractivity contribution is 6.33. The number of para-hydroxylation sites is 1. The van der Waals surface area contributed by atoms with Crippen LogP contribution in [0.5, 0.6) is 0 Å². The quantitative estimate of drug-likeness (QED) is 0.378. The molecule has 0 unspecified atom stereocenters. The molecule has 30 heavy (non-hydrogen) atoms. The molecule has 0 fully saturated rings. The van der Waals surface area contributed by atoms with E-state index in [0.717, 1.165) is 24.5 Å². The van der Waals surface area contributed by atoms with Crippen LogP contribution in [0, 0.1) is 10.1 Å². The Kier molecular flexibility index (Phi) is 6.06. The molecule has 0 aliphatic heterocycles. The van der Waals surface area contributed by atoms with Gasteiger partial charge in [-0.05, 0) is 37.3 Å². The van der Waals surface area contributed by atoms with Gasteiger partial charge in [-0.25, -0.2) is 9.97 Å². The maximum atomic E-state index is 13.0. The van der Waals surface area contributed by atoms with Gasteiger partial charge in [-0.3, -0.25) is 10.1 Å². The zero-order valence-corrected chi connectivity index (χ0v) is 16.3. The summed E-state index contributed by atoms with van der Waals surface area (Å²) in [6.07, 6.45) is -3.51. The van der Waals surface area contributed by atoms with Crippen LogP contribution in [0.25, 0.3) is 0 Å². The molecule has 3 rings (SSSR count). The SMILES string of the molecule is CCN(c1ccccc1)c1ncnc(Nc2cc(C(F)(F)F)ccc2Cl)c1[N+](=O)[O-]. The highest BCUT2D eigenvalue weighted by atomic mass is 35.5. The third kappa shape index (κ3) is 4.43. The molecule has 0 aliphatic carbocycles. The van der Waals surface area contributed by atoms with Crippen molar-refractivity contribution < 1.29 is 18.1 Å². The lowest BCUT2D eigenvalue weighted by atomic mass is 10.2. The first kappa shape index (κ1) is 21.3. The zero-order valence-electron chi connectivity index (χ0n) is 15.5. The van der Waals surface area contributed by atoms with E-state index >= 15 is 0 Å². The molecule has 0 bridgehead atoms. The maximum absolute atomic E-state index is 13.0. The molecule has 1 heterocycles. The van der Waals surface area contributed by atoms with E-state index in [2.05, 4.69) is 15.3 Å². The van der Waals surface area contributed by atoms with Gasteiger partial charge in [0.25, 0.3) is 0 Å². The number of hydrogen-bond donors (Lipinski definition) is 1. The smallest absolute Gasteiger partial charge is 0.333 e. The average Bonchev–Trinajstić information content (AvgIpc) is 2.70. The summed E-state index contributed by atoms with van der Waals surface area (Å²) in [6.45, 7) is 2.14. The van der Waals surface area contributed by atoms with E-state index in [4.69, 9.17) is 11.6 Å². The molecule has 0 saturated carbocycles. The summed E-state index contributed by atoms with van der Waals surface area (Å²) in [4.78, 5) is 20.7. The second-order valence-electron chi connectivity index (χ2n) is 6.05. The third-order valence-corrected chi connectivity index (χ3v) is 4.50. The second-order valence-corrected chi connectivity index (χ2v) is 6.46. The standard InChI is InChI=1S/C19H15ClF3N5O2/c1-2-27(13-6-4-3-5-7-13)18-16(28(29)30)17(24-11-25-18)26-15-10-12(19(21,22)23)8-9-14(15)20/h3-11H,2H2,1H3,(H,24,25,26). The van der Waals surface area contributed by atoms with E-state index in [-0.39, 0.29) is 22.3 Å². The third-order valence-electron chi connectivity index (χ3n) is 4.17. The number of aromatic nitrogens is 2. The monoisotopic (exact) mass is 437 g/mol. The van der Waals surface area contributed by atoms with Gasteiger partial charge < -0.3 is 10.2 Å². The average molecular weight is 438 g/mol. The summed E-state index contributed by atoms with van der Waals surface area (Å²) < 4.78 is 39.1. The van der Waals surface area contributed by atoms with Gasteiger partial charge in [-0.15, -0.1) is 0 Å². The van der Waals surface area contributed by atoms with E-state index in [1.165, 1.54) is 0 Å². The fraction of sp³-hybridized carbons (Fsp3) is 0.158. The molecule has 0 amide bonds. The van der Waals surface area contributed by atoms with Crippen LogP contribution in [-0.2, 0) is 6.18 Å². The van der Waals surface area contributed by atoms with Crippen LogP contribution < -0.4 is 10.2 Å². The van der Waals surface area contributed by atoms with E-state index in [0.29, 0.717) is 12.2 Å². The topological polar surface area (TPSA) is 84.2 Å². The Morgan fingerprint density at radius 3 is 2.47 bits per heavy atom. The molecule has 11 heteroatoms. The highest BCUT2D eigenvalue weighted by Crippen LogP contribution is 2.39. The minimum Gasteiger partial charge on any atom is -0.333 e. The van der Waals surface area contributed by atoms with Gasteiger partial charge in [-0.2, -0.15) is 13.2 Å². The molecule has 0 spiro atoms. The largest absolute Gasteiger partial charge is 0.416 e. The number of nitrogens with zero attached hydrogens (tertiary/aromatic N) is 4. The zero-order chi connectivity index (χ0) is 21.9. The number of benzene rings is 2. The van der Waals surface area contributed by atoms with Crippen molar-refractivity contribution in [3.63, 3.8) is 0 Å². The van der Waals surface area contributed by atoms with Crippen LogP contribution >= 0.6 is 11.6 Å². The lowest BCUT2D eigenvalue weighted by Gasteiger charge is -2.22. The molecular weight excluding hydrogens is 423 g/mol. The van der Waals surface area contributed by atoms with Gasteiger partial charge in [0.05, 0.1) is 21.2 Å². The molecule has 0 aliphatic rings. The van der Waals surface area contributed by atoms with Gasteiger partial charge in [0.15, 0.2) is 0 Å². The molecule has 0 radical (unpaired) electrons. The van der Waals surface area contributed by atoms with Crippen LogP contribution in [0.4, 0.5) is 41.9 Å². The summed E-state index contributed by atoms with van der Waals surface area (Å²) in [7, 11) is 0. The van der Waals surface area contributed by atoms with Crippen molar-refractivity contribution >= 4 is 40.3 Å². The Morgan fingerprint density at radius 1 is 1.17 bits per heavy atom. The van der Waals surface area contributed by atoms with E-state index in [1.54, 1.807) is 42.2 Å². The van der Waals surface area contributed by atoms with Crippen LogP contribution in [-0.4, -0.2) is 21.4 Å². The minimum absolute atomic E-state index is 0.00528. The van der Waals surface area contributed by atoms with Crippen molar-refractivity contribution in [1.29, 1.82) is 0 Å². The number of halogens is 4. The van der Waals surface area contributed by atoms with E-state index in [1.807, 2.05) is 0 Å². The van der Waals surface area contributed by atoms with Gasteiger partial charge in [-0.1, -0.05) is 29.8 Å². The minimum atomic E-state index is -4.60. The molecular formula is C19H15ClF3N5O2. The lowest BCUT2D eigenvalue weighted by molar-refractivity contribution is -0.383. The summed E-state index contributed by atoms with van der Waals surface area (Å²) in [6, 6.07) is 11.5. The first-order valence-corrected chi connectivity index (χ1v) is 9.06. The van der Waals surface area contributed by atoms with Crippen LogP contribution in [0.1, 0.15) is 12.5 Å². The summed E-state index contributed by atoms with van der Waals surface area (Å²) in [5.74, 6) is -0.282. The van der Waals surface area contributed by atoms with Gasteiger partial charge in [0.1, 0.15) is 6.33 Å². The van der Waals surface area contributed by atoms with Crippen molar-refractivity contribution in [1.82, 2.24) is 9.97 Å². The number of hydrogen-bond acceptors (Lipinski definition) is 6. The van der Waals surface area contributed by atoms with E-state index in [9.17, 15) is 23.3 Å². The normalized spacial score (nSPS) is 11.2. The molecule has 1 N–H and O–H groups in total. The van der Waals surface area contributed by atoms with Crippen molar-refractivity contribution in [2.45, 2.75) is 13.1 Å². The predicted octanol–water partition coefficient (Wildman–Crippen LogP) is 5.96. The molecule has 0 atom stereocenters. The van der Waals surface area contributed by atoms with E-state index < -0.39 is 22.4 Å².